The second kappa shape index (κ2) is 8.59. The van der Waals surface area contributed by atoms with Crippen LogP contribution in [0.3, 0.4) is 0 Å². The predicted octanol–water partition coefficient (Wildman–Crippen LogP) is 2.35. The van der Waals surface area contributed by atoms with Gasteiger partial charge in [-0.25, -0.2) is 0 Å². The van der Waals surface area contributed by atoms with E-state index in [4.69, 9.17) is 9.84 Å². The molecule has 1 atom stereocenters. The normalized spacial score (nSPS) is 12.0. The number of aliphatic hydroxyl groups is 1. The molecule has 0 fully saturated rings. The summed E-state index contributed by atoms with van der Waals surface area (Å²) in [5.74, 6) is 0.827. The highest BCUT2D eigenvalue weighted by atomic mass is 16.5. The third-order valence-corrected chi connectivity index (χ3v) is 3.05. The number of rotatable bonds is 8. The summed E-state index contributed by atoms with van der Waals surface area (Å²) in [7, 11) is 0. The van der Waals surface area contributed by atoms with Crippen molar-refractivity contribution in [2.75, 3.05) is 13.2 Å². The van der Waals surface area contributed by atoms with Crippen LogP contribution in [-0.2, 0) is 4.79 Å². The Balaban J connectivity index is 2.20. The second-order valence-electron chi connectivity index (χ2n) is 5.21. The highest BCUT2D eigenvalue weighted by Crippen LogP contribution is 2.19. The van der Waals surface area contributed by atoms with Crippen LogP contribution in [-0.4, -0.2) is 30.3 Å². The molecule has 0 aromatic heterocycles. The van der Waals surface area contributed by atoms with Crippen molar-refractivity contribution >= 4 is 5.91 Å². The standard InChI is InChI=1S/C16H25NO3/c1-12-6-7-13(2)15(11-12)20-10-8-16(19)17-9-4-5-14(3)18/h6-7,11,14,18H,4-5,8-10H2,1-3H3,(H,17,19). The van der Waals surface area contributed by atoms with Crippen LogP contribution in [0.1, 0.15) is 37.3 Å². The van der Waals surface area contributed by atoms with E-state index in [1.54, 1.807) is 6.92 Å². The van der Waals surface area contributed by atoms with Gasteiger partial charge in [-0.05, 0) is 50.8 Å². The molecule has 0 aliphatic rings. The van der Waals surface area contributed by atoms with E-state index in [9.17, 15) is 4.79 Å². The Labute approximate surface area is 121 Å². The van der Waals surface area contributed by atoms with Crippen LogP contribution in [0.2, 0.25) is 0 Å². The predicted molar refractivity (Wildman–Crippen MR) is 80.0 cm³/mol. The number of nitrogens with one attached hydrogen (secondary N) is 1. The number of carbonyl (C=O) groups is 1. The molecule has 0 heterocycles. The van der Waals surface area contributed by atoms with E-state index in [1.165, 1.54) is 0 Å². The molecule has 0 aliphatic heterocycles. The third kappa shape index (κ3) is 6.57. The number of hydrogen-bond donors (Lipinski definition) is 2. The lowest BCUT2D eigenvalue weighted by Crippen LogP contribution is -2.26. The molecule has 1 unspecified atom stereocenters. The van der Waals surface area contributed by atoms with Crippen molar-refractivity contribution in [3.05, 3.63) is 29.3 Å². The van der Waals surface area contributed by atoms with Crippen molar-refractivity contribution in [3.63, 3.8) is 0 Å². The monoisotopic (exact) mass is 279 g/mol. The molecule has 0 aliphatic carbocycles. The number of aryl methyl sites for hydroxylation is 2. The first-order chi connectivity index (χ1) is 9.49. The zero-order valence-corrected chi connectivity index (χ0v) is 12.6. The molecule has 2 N–H and O–H groups in total. The Bertz CT molecular complexity index is 430. The molecule has 4 nitrogen and oxygen atoms in total. The van der Waals surface area contributed by atoms with Gasteiger partial charge in [0.15, 0.2) is 0 Å². The summed E-state index contributed by atoms with van der Waals surface area (Å²) in [4.78, 5) is 11.6. The summed E-state index contributed by atoms with van der Waals surface area (Å²) in [5, 5.41) is 11.9. The fourth-order valence-electron chi connectivity index (χ4n) is 1.83. The minimum absolute atomic E-state index is 0.0131. The summed E-state index contributed by atoms with van der Waals surface area (Å²) < 4.78 is 5.63. The number of amides is 1. The lowest BCUT2D eigenvalue weighted by molar-refractivity contribution is -0.121. The van der Waals surface area contributed by atoms with E-state index in [2.05, 4.69) is 5.32 Å². The Kier molecular flexibility index (Phi) is 7.09. The van der Waals surface area contributed by atoms with Gasteiger partial charge in [0.2, 0.25) is 5.91 Å². The number of aliphatic hydroxyl groups excluding tert-OH is 1. The van der Waals surface area contributed by atoms with Gasteiger partial charge in [-0.2, -0.15) is 0 Å². The van der Waals surface area contributed by atoms with Crippen molar-refractivity contribution in [2.45, 2.75) is 46.1 Å². The minimum atomic E-state index is -0.306. The molecule has 1 aromatic rings. The van der Waals surface area contributed by atoms with E-state index in [0.29, 0.717) is 26.0 Å². The zero-order valence-electron chi connectivity index (χ0n) is 12.6. The van der Waals surface area contributed by atoms with Gasteiger partial charge in [0.1, 0.15) is 5.75 Å². The van der Waals surface area contributed by atoms with Crippen LogP contribution in [0.15, 0.2) is 18.2 Å². The first kappa shape index (κ1) is 16.5. The number of ether oxygens (including phenoxy) is 1. The van der Waals surface area contributed by atoms with Crippen LogP contribution in [0, 0.1) is 13.8 Å². The van der Waals surface area contributed by atoms with Crippen molar-refractivity contribution in [1.29, 1.82) is 0 Å². The van der Waals surface area contributed by atoms with Gasteiger partial charge in [0.25, 0.3) is 0 Å². The molecule has 20 heavy (non-hydrogen) atoms. The molecule has 1 rings (SSSR count). The first-order valence-corrected chi connectivity index (χ1v) is 7.14. The van der Waals surface area contributed by atoms with E-state index < -0.39 is 0 Å². The minimum Gasteiger partial charge on any atom is -0.493 e. The quantitative estimate of drug-likeness (QED) is 0.718. The van der Waals surface area contributed by atoms with Crippen LogP contribution in [0.5, 0.6) is 5.75 Å². The van der Waals surface area contributed by atoms with Crippen LogP contribution in [0.25, 0.3) is 0 Å². The summed E-state index contributed by atoms with van der Waals surface area (Å²) >= 11 is 0. The van der Waals surface area contributed by atoms with Gasteiger partial charge < -0.3 is 15.2 Å². The summed E-state index contributed by atoms with van der Waals surface area (Å²) in [6.45, 7) is 6.74. The maximum Gasteiger partial charge on any atom is 0.223 e. The van der Waals surface area contributed by atoms with E-state index in [-0.39, 0.29) is 12.0 Å². The van der Waals surface area contributed by atoms with Crippen LogP contribution < -0.4 is 10.1 Å². The summed E-state index contributed by atoms with van der Waals surface area (Å²) in [6.07, 6.45) is 1.54. The van der Waals surface area contributed by atoms with Gasteiger partial charge in [0.05, 0.1) is 19.1 Å². The van der Waals surface area contributed by atoms with Gasteiger partial charge in [-0.15, -0.1) is 0 Å². The molecular formula is C16H25NO3. The van der Waals surface area contributed by atoms with Gasteiger partial charge >= 0.3 is 0 Å². The summed E-state index contributed by atoms with van der Waals surface area (Å²) in [6, 6.07) is 6.04. The number of benzene rings is 1. The molecule has 1 aromatic carbocycles. The Morgan fingerprint density at radius 3 is 2.85 bits per heavy atom. The average molecular weight is 279 g/mol. The maximum absolute atomic E-state index is 11.6. The molecule has 0 bridgehead atoms. The Morgan fingerprint density at radius 2 is 2.15 bits per heavy atom. The fraction of sp³-hybridized carbons (Fsp3) is 0.562. The van der Waals surface area contributed by atoms with Crippen molar-refractivity contribution in [2.24, 2.45) is 0 Å². The SMILES string of the molecule is Cc1ccc(C)c(OCCC(=O)NCCCC(C)O)c1. The van der Waals surface area contributed by atoms with Crippen LogP contribution in [0.4, 0.5) is 0 Å². The number of carbonyl (C=O) groups excluding carboxylic acids is 1. The molecule has 112 valence electrons. The molecule has 0 spiro atoms. The smallest absolute Gasteiger partial charge is 0.223 e. The maximum atomic E-state index is 11.6. The van der Waals surface area contributed by atoms with Gasteiger partial charge in [0, 0.05) is 6.54 Å². The van der Waals surface area contributed by atoms with Gasteiger partial charge in [-0.1, -0.05) is 12.1 Å². The number of hydrogen-bond acceptors (Lipinski definition) is 3. The molecular weight excluding hydrogens is 254 g/mol. The van der Waals surface area contributed by atoms with E-state index in [0.717, 1.165) is 23.3 Å². The largest absolute Gasteiger partial charge is 0.493 e. The molecule has 0 saturated carbocycles. The van der Waals surface area contributed by atoms with Crippen molar-refractivity contribution < 1.29 is 14.6 Å². The molecule has 1 amide bonds. The lowest BCUT2D eigenvalue weighted by Gasteiger charge is -2.10. The summed E-state index contributed by atoms with van der Waals surface area (Å²) in [5.41, 5.74) is 2.22. The Morgan fingerprint density at radius 1 is 1.40 bits per heavy atom. The average Bonchev–Trinajstić information content (AvgIpc) is 2.38. The highest BCUT2D eigenvalue weighted by Gasteiger charge is 2.04. The third-order valence-electron chi connectivity index (χ3n) is 3.05. The van der Waals surface area contributed by atoms with Crippen molar-refractivity contribution in [3.8, 4) is 5.75 Å². The second-order valence-corrected chi connectivity index (χ2v) is 5.21. The van der Waals surface area contributed by atoms with Crippen LogP contribution >= 0.6 is 0 Å². The van der Waals surface area contributed by atoms with E-state index >= 15 is 0 Å². The lowest BCUT2D eigenvalue weighted by atomic mass is 10.1. The van der Waals surface area contributed by atoms with Crippen molar-refractivity contribution in [1.82, 2.24) is 5.32 Å². The molecule has 0 radical (unpaired) electrons. The fourth-order valence-corrected chi connectivity index (χ4v) is 1.83. The topological polar surface area (TPSA) is 58.6 Å². The highest BCUT2D eigenvalue weighted by molar-refractivity contribution is 5.75. The Hall–Kier alpha value is -1.55. The zero-order chi connectivity index (χ0) is 15.0. The molecule has 4 heteroatoms. The van der Waals surface area contributed by atoms with Gasteiger partial charge in [-0.3, -0.25) is 4.79 Å². The first-order valence-electron chi connectivity index (χ1n) is 7.14. The van der Waals surface area contributed by atoms with E-state index in [1.807, 2.05) is 32.0 Å². The molecule has 0 saturated heterocycles.